The van der Waals surface area contributed by atoms with Crippen molar-refractivity contribution in [3.05, 3.63) is 38.9 Å². The molecule has 0 bridgehead atoms. The highest BCUT2D eigenvalue weighted by molar-refractivity contribution is 5.84. The summed E-state index contributed by atoms with van der Waals surface area (Å²) in [5.41, 5.74) is 5.81. The van der Waals surface area contributed by atoms with Gasteiger partial charge in [-0.1, -0.05) is 0 Å². The van der Waals surface area contributed by atoms with E-state index in [1.165, 1.54) is 0 Å². The highest BCUT2D eigenvalue weighted by Gasteiger charge is 2.06. The van der Waals surface area contributed by atoms with Crippen LogP contribution in [0.4, 0.5) is 5.69 Å². The number of aromatic nitrogens is 2. The quantitative estimate of drug-likeness (QED) is 0.679. The van der Waals surface area contributed by atoms with Gasteiger partial charge in [-0.2, -0.15) is 0 Å². The Morgan fingerprint density at radius 1 is 1.11 bits per heavy atom. The van der Waals surface area contributed by atoms with E-state index in [4.69, 9.17) is 5.73 Å². The SMILES string of the molecule is CN(CCCCN)c1ccc2c(=O)[nH][nH]c(=O)c2c1. The van der Waals surface area contributed by atoms with E-state index >= 15 is 0 Å². The second-order valence-electron chi connectivity index (χ2n) is 4.56. The first-order valence-electron chi connectivity index (χ1n) is 6.29. The van der Waals surface area contributed by atoms with Crippen LogP contribution in [0.1, 0.15) is 12.8 Å². The Labute approximate surface area is 110 Å². The lowest BCUT2D eigenvalue weighted by Crippen LogP contribution is -2.22. The molecule has 4 N–H and O–H groups in total. The van der Waals surface area contributed by atoms with Crippen molar-refractivity contribution in [2.75, 3.05) is 25.0 Å². The summed E-state index contributed by atoms with van der Waals surface area (Å²) < 4.78 is 0. The van der Waals surface area contributed by atoms with Crippen LogP contribution in [-0.2, 0) is 0 Å². The number of fused-ring (bicyclic) bond motifs is 1. The Morgan fingerprint density at radius 2 is 1.79 bits per heavy atom. The van der Waals surface area contributed by atoms with Gasteiger partial charge in [-0.15, -0.1) is 0 Å². The van der Waals surface area contributed by atoms with E-state index in [1.807, 2.05) is 13.1 Å². The highest BCUT2D eigenvalue weighted by atomic mass is 16.1. The lowest BCUT2D eigenvalue weighted by molar-refractivity contribution is 0.728. The van der Waals surface area contributed by atoms with Gasteiger partial charge < -0.3 is 10.6 Å². The van der Waals surface area contributed by atoms with Gasteiger partial charge in [0, 0.05) is 19.3 Å². The average Bonchev–Trinajstić information content (AvgIpc) is 2.43. The second-order valence-corrected chi connectivity index (χ2v) is 4.56. The van der Waals surface area contributed by atoms with Gasteiger partial charge in [-0.25, -0.2) is 0 Å². The molecule has 0 aliphatic carbocycles. The van der Waals surface area contributed by atoms with Gasteiger partial charge in [0.05, 0.1) is 10.8 Å². The number of rotatable bonds is 5. The summed E-state index contributed by atoms with van der Waals surface area (Å²) in [6.45, 7) is 1.55. The number of H-pyrrole nitrogens is 2. The molecule has 0 saturated heterocycles. The van der Waals surface area contributed by atoms with Crippen molar-refractivity contribution in [3.63, 3.8) is 0 Å². The third kappa shape index (κ3) is 2.85. The molecular formula is C13H18N4O2. The van der Waals surface area contributed by atoms with Crippen molar-refractivity contribution in [2.45, 2.75) is 12.8 Å². The van der Waals surface area contributed by atoms with E-state index in [1.54, 1.807) is 12.1 Å². The van der Waals surface area contributed by atoms with Gasteiger partial charge in [-0.05, 0) is 37.6 Å². The second kappa shape index (κ2) is 5.71. The van der Waals surface area contributed by atoms with Gasteiger partial charge in [0.15, 0.2) is 0 Å². The average molecular weight is 262 g/mol. The Hall–Kier alpha value is -2.08. The van der Waals surface area contributed by atoms with Gasteiger partial charge in [0.25, 0.3) is 11.1 Å². The van der Waals surface area contributed by atoms with Crippen LogP contribution >= 0.6 is 0 Å². The smallest absolute Gasteiger partial charge is 0.270 e. The molecule has 0 amide bonds. The highest BCUT2D eigenvalue weighted by Crippen LogP contribution is 2.17. The first-order chi connectivity index (χ1) is 9.13. The van der Waals surface area contributed by atoms with Crippen molar-refractivity contribution >= 4 is 16.5 Å². The van der Waals surface area contributed by atoms with Crippen molar-refractivity contribution in [2.24, 2.45) is 5.73 Å². The summed E-state index contributed by atoms with van der Waals surface area (Å²) in [7, 11) is 1.96. The lowest BCUT2D eigenvalue weighted by atomic mass is 10.1. The molecule has 0 spiro atoms. The molecule has 2 rings (SSSR count). The van der Waals surface area contributed by atoms with Crippen molar-refractivity contribution in [1.29, 1.82) is 0 Å². The molecular weight excluding hydrogens is 244 g/mol. The number of aromatic amines is 2. The van der Waals surface area contributed by atoms with E-state index in [2.05, 4.69) is 15.1 Å². The number of unbranched alkanes of at least 4 members (excludes halogenated alkanes) is 1. The van der Waals surface area contributed by atoms with Gasteiger partial charge >= 0.3 is 0 Å². The number of hydrogen-bond acceptors (Lipinski definition) is 4. The zero-order valence-corrected chi connectivity index (χ0v) is 10.9. The molecule has 6 heteroatoms. The third-order valence-corrected chi connectivity index (χ3v) is 3.17. The van der Waals surface area contributed by atoms with E-state index < -0.39 is 0 Å². The first kappa shape index (κ1) is 13.4. The molecule has 1 aromatic carbocycles. The minimum Gasteiger partial charge on any atom is -0.375 e. The molecule has 1 heterocycles. The topological polar surface area (TPSA) is 95.0 Å². The normalized spacial score (nSPS) is 10.8. The molecule has 0 aliphatic rings. The first-order valence-corrected chi connectivity index (χ1v) is 6.29. The summed E-state index contributed by atoms with van der Waals surface area (Å²) in [4.78, 5) is 25.3. The zero-order valence-electron chi connectivity index (χ0n) is 10.9. The Kier molecular flexibility index (Phi) is 4.01. The van der Waals surface area contributed by atoms with E-state index in [0.29, 0.717) is 17.3 Å². The molecule has 0 atom stereocenters. The molecule has 102 valence electrons. The van der Waals surface area contributed by atoms with Crippen LogP contribution < -0.4 is 21.8 Å². The molecule has 6 nitrogen and oxygen atoms in total. The minimum atomic E-state index is -0.285. The maximum absolute atomic E-state index is 11.7. The standard InChI is InChI=1S/C13H18N4O2/c1-17(7-3-2-6-14)9-4-5-10-11(8-9)13(19)16-15-12(10)18/h4-5,8H,2-3,6-7,14H2,1H3,(H,15,18)(H,16,19). The van der Waals surface area contributed by atoms with Crippen LogP contribution in [0.25, 0.3) is 10.8 Å². The summed E-state index contributed by atoms with van der Waals surface area (Å²) in [5, 5.41) is 5.46. The summed E-state index contributed by atoms with van der Waals surface area (Å²) in [5.74, 6) is 0. The van der Waals surface area contributed by atoms with Crippen LogP contribution in [0.3, 0.4) is 0 Å². The number of nitrogens with one attached hydrogen (secondary N) is 2. The maximum atomic E-state index is 11.7. The number of benzene rings is 1. The monoisotopic (exact) mass is 262 g/mol. The van der Waals surface area contributed by atoms with E-state index in [-0.39, 0.29) is 11.1 Å². The predicted molar refractivity (Wildman–Crippen MR) is 76.7 cm³/mol. The lowest BCUT2D eigenvalue weighted by Gasteiger charge is -2.19. The molecule has 19 heavy (non-hydrogen) atoms. The summed E-state index contributed by atoms with van der Waals surface area (Å²) in [6, 6.07) is 5.27. The Bertz CT molecular complexity index is 674. The number of nitrogens with zero attached hydrogens (tertiary/aromatic N) is 1. The van der Waals surface area contributed by atoms with Gasteiger partial charge in [0.1, 0.15) is 0 Å². The van der Waals surface area contributed by atoms with Crippen molar-refractivity contribution in [1.82, 2.24) is 10.2 Å². The number of hydrogen-bond donors (Lipinski definition) is 3. The largest absolute Gasteiger partial charge is 0.375 e. The molecule has 0 saturated carbocycles. The fourth-order valence-electron chi connectivity index (χ4n) is 2.03. The van der Waals surface area contributed by atoms with Crippen molar-refractivity contribution < 1.29 is 0 Å². The van der Waals surface area contributed by atoms with Crippen molar-refractivity contribution in [3.8, 4) is 0 Å². The van der Waals surface area contributed by atoms with Crippen LogP contribution in [0, 0.1) is 0 Å². The molecule has 0 unspecified atom stereocenters. The minimum absolute atomic E-state index is 0.285. The van der Waals surface area contributed by atoms with Crippen LogP contribution in [0.5, 0.6) is 0 Å². The van der Waals surface area contributed by atoms with Crippen LogP contribution in [-0.4, -0.2) is 30.3 Å². The maximum Gasteiger partial charge on any atom is 0.270 e. The van der Waals surface area contributed by atoms with Gasteiger partial charge in [0.2, 0.25) is 0 Å². The van der Waals surface area contributed by atoms with E-state index in [9.17, 15) is 9.59 Å². The molecule has 0 fully saturated rings. The summed E-state index contributed by atoms with van der Waals surface area (Å²) >= 11 is 0. The number of nitrogens with two attached hydrogens (primary N) is 1. The number of anilines is 1. The van der Waals surface area contributed by atoms with Crippen LogP contribution in [0.2, 0.25) is 0 Å². The Balaban J connectivity index is 2.33. The molecule has 2 aromatic rings. The van der Waals surface area contributed by atoms with Crippen LogP contribution in [0.15, 0.2) is 27.8 Å². The fraction of sp³-hybridized carbons (Fsp3) is 0.385. The van der Waals surface area contributed by atoms with Gasteiger partial charge in [-0.3, -0.25) is 19.8 Å². The Morgan fingerprint density at radius 3 is 2.47 bits per heavy atom. The third-order valence-electron chi connectivity index (χ3n) is 3.17. The zero-order chi connectivity index (χ0) is 13.8. The van der Waals surface area contributed by atoms with E-state index in [0.717, 1.165) is 25.1 Å². The summed E-state index contributed by atoms with van der Waals surface area (Å²) in [6.07, 6.45) is 1.97. The molecule has 1 aromatic heterocycles. The molecule has 0 radical (unpaired) electrons. The molecule has 0 aliphatic heterocycles. The predicted octanol–water partition coefficient (Wildman–Crippen LogP) is 0.391. The fourth-order valence-corrected chi connectivity index (χ4v) is 2.03.